The van der Waals surface area contributed by atoms with Gasteiger partial charge in [0.05, 0.1) is 6.61 Å². The molecule has 0 fully saturated rings. The van der Waals surface area contributed by atoms with Crippen LogP contribution < -0.4 is 10.1 Å². The maximum absolute atomic E-state index is 13.1. The predicted octanol–water partition coefficient (Wildman–Crippen LogP) is 5.14. The van der Waals surface area contributed by atoms with Gasteiger partial charge in [0.1, 0.15) is 11.8 Å². The number of hydrogen-bond donors (Lipinski definition) is 1. The molecular weight excluding hydrogens is 412 g/mol. The van der Waals surface area contributed by atoms with Gasteiger partial charge in [-0.3, -0.25) is 9.59 Å². The lowest BCUT2D eigenvalue weighted by atomic mass is 10.1. The minimum absolute atomic E-state index is 0.0935. The maximum atomic E-state index is 13.1. The minimum Gasteiger partial charge on any atom is -0.494 e. The molecule has 2 aromatic rings. The number of nitrogens with zero attached hydrogens (tertiary/aromatic N) is 1. The summed E-state index contributed by atoms with van der Waals surface area (Å²) in [5, 5.41) is 3.56. The van der Waals surface area contributed by atoms with E-state index in [9.17, 15) is 9.59 Å². The molecule has 0 saturated heterocycles. The summed E-state index contributed by atoms with van der Waals surface area (Å²) in [7, 11) is 0. The van der Waals surface area contributed by atoms with Gasteiger partial charge in [-0.15, -0.1) is 0 Å². The summed E-state index contributed by atoms with van der Waals surface area (Å²) in [5.74, 6) is 0.509. The summed E-state index contributed by atoms with van der Waals surface area (Å²) in [4.78, 5) is 27.4. The quantitative estimate of drug-likeness (QED) is 0.545. The lowest BCUT2D eigenvalue weighted by molar-refractivity contribution is -0.141. The van der Waals surface area contributed by atoms with Crippen molar-refractivity contribution < 1.29 is 14.3 Å². The van der Waals surface area contributed by atoms with E-state index in [4.69, 9.17) is 16.3 Å². The van der Waals surface area contributed by atoms with E-state index in [1.165, 1.54) is 5.56 Å². The Labute approximate surface area is 190 Å². The van der Waals surface area contributed by atoms with E-state index >= 15 is 0 Å². The smallest absolute Gasteiger partial charge is 0.242 e. The summed E-state index contributed by atoms with van der Waals surface area (Å²) < 4.78 is 5.73. The van der Waals surface area contributed by atoms with Crippen molar-refractivity contribution in [1.82, 2.24) is 10.2 Å². The van der Waals surface area contributed by atoms with Crippen LogP contribution in [0.3, 0.4) is 0 Å². The lowest BCUT2D eigenvalue weighted by Gasteiger charge is -2.31. The Hall–Kier alpha value is -2.53. The van der Waals surface area contributed by atoms with Crippen LogP contribution in [0.15, 0.2) is 48.5 Å². The van der Waals surface area contributed by atoms with Crippen LogP contribution in [0.4, 0.5) is 0 Å². The van der Waals surface area contributed by atoms with E-state index < -0.39 is 6.04 Å². The zero-order valence-electron chi connectivity index (χ0n) is 19.1. The van der Waals surface area contributed by atoms with Crippen LogP contribution >= 0.6 is 11.6 Å². The van der Waals surface area contributed by atoms with Crippen molar-refractivity contribution in [3.05, 3.63) is 64.7 Å². The molecule has 0 saturated carbocycles. The van der Waals surface area contributed by atoms with Crippen LogP contribution in [-0.4, -0.2) is 34.9 Å². The molecule has 1 atom stereocenters. The second kappa shape index (κ2) is 11.2. The van der Waals surface area contributed by atoms with Crippen LogP contribution in [0, 0.1) is 6.92 Å². The van der Waals surface area contributed by atoms with Gasteiger partial charge in [0.15, 0.2) is 0 Å². The number of carbonyl (C=O) groups is 2. The molecule has 0 unspecified atom stereocenters. The molecule has 6 heteroatoms. The number of benzene rings is 2. The number of carbonyl (C=O) groups excluding carboxylic acids is 2. The molecule has 0 radical (unpaired) electrons. The van der Waals surface area contributed by atoms with Crippen molar-refractivity contribution >= 4 is 23.4 Å². The molecule has 0 aliphatic heterocycles. The lowest BCUT2D eigenvalue weighted by Crippen LogP contribution is -2.52. The molecule has 0 aliphatic rings. The summed E-state index contributed by atoms with van der Waals surface area (Å²) in [6.07, 6.45) is 0.853. The SMILES string of the molecule is Cc1ccc(OCCCC(=O)N(Cc2cccc(Cl)c2)[C@@H](C)C(=O)NC(C)(C)C)cc1. The van der Waals surface area contributed by atoms with Crippen molar-refractivity contribution in [3.63, 3.8) is 0 Å². The topological polar surface area (TPSA) is 58.6 Å². The Morgan fingerprint density at radius 3 is 2.42 bits per heavy atom. The number of hydrogen-bond acceptors (Lipinski definition) is 3. The van der Waals surface area contributed by atoms with E-state index in [-0.39, 0.29) is 17.4 Å². The Morgan fingerprint density at radius 1 is 1.13 bits per heavy atom. The molecule has 0 spiro atoms. The molecule has 0 heterocycles. The van der Waals surface area contributed by atoms with Gasteiger partial charge in [-0.25, -0.2) is 0 Å². The first-order chi connectivity index (χ1) is 14.5. The molecule has 168 valence electrons. The van der Waals surface area contributed by atoms with E-state index in [1.807, 2.05) is 70.2 Å². The van der Waals surface area contributed by atoms with Gasteiger partial charge in [0.25, 0.3) is 0 Å². The molecule has 0 aliphatic carbocycles. The second-order valence-corrected chi connectivity index (χ2v) is 9.27. The monoisotopic (exact) mass is 444 g/mol. The first kappa shape index (κ1) is 24.7. The van der Waals surface area contributed by atoms with Crippen molar-refractivity contribution in [2.45, 2.75) is 65.6 Å². The molecule has 2 aromatic carbocycles. The number of ether oxygens (including phenoxy) is 1. The number of nitrogens with one attached hydrogen (secondary N) is 1. The van der Waals surface area contributed by atoms with Crippen LogP contribution in [0.2, 0.25) is 5.02 Å². The summed E-state index contributed by atoms with van der Waals surface area (Å²) in [6.45, 7) is 10.3. The summed E-state index contributed by atoms with van der Waals surface area (Å²) in [6, 6.07) is 14.6. The van der Waals surface area contributed by atoms with Crippen molar-refractivity contribution in [3.8, 4) is 5.75 Å². The first-order valence-corrected chi connectivity index (χ1v) is 11.0. The Kier molecular flexibility index (Phi) is 8.93. The highest BCUT2D eigenvalue weighted by molar-refractivity contribution is 6.30. The van der Waals surface area contributed by atoms with E-state index in [1.54, 1.807) is 17.9 Å². The fourth-order valence-corrected chi connectivity index (χ4v) is 3.29. The minimum atomic E-state index is -0.608. The van der Waals surface area contributed by atoms with Gasteiger partial charge >= 0.3 is 0 Å². The van der Waals surface area contributed by atoms with Crippen LogP contribution in [0.1, 0.15) is 51.7 Å². The summed E-state index contributed by atoms with van der Waals surface area (Å²) in [5.41, 5.74) is 1.67. The van der Waals surface area contributed by atoms with Crippen LogP contribution in [0.25, 0.3) is 0 Å². The third kappa shape index (κ3) is 8.62. The number of halogens is 1. The number of rotatable bonds is 9. The van der Waals surface area contributed by atoms with Crippen LogP contribution in [0.5, 0.6) is 5.75 Å². The Bertz CT molecular complexity index is 875. The second-order valence-electron chi connectivity index (χ2n) is 8.83. The number of aryl methyl sites for hydroxylation is 1. The van der Waals surface area contributed by atoms with Gasteiger partial charge in [0, 0.05) is 23.5 Å². The van der Waals surface area contributed by atoms with E-state index in [0.29, 0.717) is 31.0 Å². The molecule has 31 heavy (non-hydrogen) atoms. The van der Waals surface area contributed by atoms with Gasteiger partial charge < -0.3 is 15.0 Å². The standard InChI is InChI=1S/C25H33ClN2O3/c1-18-11-13-22(14-12-18)31-15-7-10-23(29)28(17-20-8-6-9-21(26)16-20)19(2)24(30)27-25(3,4)5/h6,8-9,11-14,16,19H,7,10,15,17H2,1-5H3,(H,27,30)/t19-/m0/s1. The summed E-state index contributed by atoms with van der Waals surface area (Å²) >= 11 is 6.11. The third-order valence-electron chi connectivity index (χ3n) is 4.73. The fourth-order valence-electron chi connectivity index (χ4n) is 3.08. The van der Waals surface area contributed by atoms with Gasteiger partial charge in [0.2, 0.25) is 11.8 Å². The highest BCUT2D eigenvalue weighted by Crippen LogP contribution is 2.17. The van der Waals surface area contributed by atoms with Gasteiger partial charge in [-0.1, -0.05) is 41.4 Å². The molecular formula is C25H33ClN2O3. The zero-order chi connectivity index (χ0) is 23.0. The van der Waals surface area contributed by atoms with Crippen molar-refractivity contribution in [2.24, 2.45) is 0 Å². The highest BCUT2D eigenvalue weighted by Gasteiger charge is 2.28. The predicted molar refractivity (Wildman–Crippen MR) is 125 cm³/mol. The highest BCUT2D eigenvalue weighted by atomic mass is 35.5. The largest absolute Gasteiger partial charge is 0.494 e. The average molecular weight is 445 g/mol. The maximum Gasteiger partial charge on any atom is 0.242 e. The third-order valence-corrected chi connectivity index (χ3v) is 4.97. The Balaban J connectivity index is 2.02. The molecule has 2 rings (SSSR count). The van der Waals surface area contributed by atoms with Crippen molar-refractivity contribution in [1.29, 1.82) is 0 Å². The zero-order valence-corrected chi connectivity index (χ0v) is 19.8. The molecule has 0 bridgehead atoms. The number of amides is 2. The van der Waals surface area contributed by atoms with Crippen molar-refractivity contribution in [2.75, 3.05) is 6.61 Å². The van der Waals surface area contributed by atoms with Gasteiger partial charge in [-0.2, -0.15) is 0 Å². The molecule has 0 aromatic heterocycles. The van der Waals surface area contributed by atoms with E-state index in [0.717, 1.165) is 11.3 Å². The normalized spacial score (nSPS) is 12.2. The van der Waals surface area contributed by atoms with Crippen LogP contribution in [-0.2, 0) is 16.1 Å². The first-order valence-electron chi connectivity index (χ1n) is 10.6. The average Bonchev–Trinajstić information content (AvgIpc) is 2.69. The molecule has 1 N–H and O–H groups in total. The van der Waals surface area contributed by atoms with E-state index in [2.05, 4.69) is 5.32 Å². The molecule has 2 amide bonds. The molecule has 5 nitrogen and oxygen atoms in total. The Morgan fingerprint density at radius 2 is 1.81 bits per heavy atom. The van der Waals surface area contributed by atoms with Gasteiger partial charge in [-0.05, 0) is 70.9 Å². The fraction of sp³-hybridized carbons (Fsp3) is 0.440.